The number of hydrogen-bond donors (Lipinski definition) is 3. The molecule has 174 valence electrons. The van der Waals surface area contributed by atoms with Crippen LogP contribution < -0.4 is 20.8 Å². The van der Waals surface area contributed by atoms with E-state index in [2.05, 4.69) is 21.2 Å². The minimum absolute atomic E-state index is 0.297. The molecule has 0 aliphatic heterocycles. The lowest BCUT2D eigenvalue weighted by molar-refractivity contribution is -0.136. The smallest absolute Gasteiger partial charge is 0.329 e. The Balaban J connectivity index is 1.55. The van der Waals surface area contributed by atoms with Gasteiger partial charge in [0.05, 0.1) is 16.9 Å². The summed E-state index contributed by atoms with van der Waals surface area (Å²) in [7, 11) is 0. The van der Waals surface area contributed by atoms with Gasteiger partial charge in [-0.1, -0.05) is 53.5 Å². The van der Waals surface area contributed by atoms with E-state index in [0.717, 1.165) is 5.56 Å². The first-order valence-electron chi connectivity index (χ1n) is 10.00. The van der Waals surface area contributed by atoms with Crippen molar-refractivity contribution in [3.05, 3.63) is 87.9 Å². The van der Waals surface area contributed by atoms with E-state index in [0.29, 0.717) is 32.7 Å². The van der Waals surface area contributed by atoms with Crippen molar-refractivity contribution in [1.29, 1.82) is 0 Å². The molecule has 0 saturated heterocycles. The second-order valence-corrected chi connectivity index (χ2v) is 7.81. The van der Waals surface area contributed by atoms with Gasteiger partial charge in [0.1, 0.15) is 5.75 Å². The topological polar surface area (TPSA) is 109 Å². The van der Waals surface area contributed by atoms with Crippen molar-refractivity contribution in [3.63, 3.8) is 0 Å². The largest absolute Gasteiger partial charge is 0.483 e. The minimum Gasteiger partial charge on any atom is -0.483 e. The number of benzene rings is 3. The number of hydrazone groups is 1. The lowest BCUT2D eigenvalue weighted by Gasteiger charge is -2.10. The summed E-state index contributed by atoms with van der Waals surface area (Å²) in [6, 6.07) is 18.5. The number of halogens is 2. The SMILES string of the molecule is Cc1ccccc1NC(=O)C(=O)N/N=C\c1ccccc1OCC(=O)Nc1ccc(Cl)cc1Cl. The number of rotatable bonds is 7. The highest BCUT2D eigenvalue weighted by Crippen LogP contribution is 2.25. The maximum Gasteiger partial charge on any atom is 0.329 e. The molecule has 3 N–H and O–H groups in total. The molecular weight excluding hydrogens is 479 g/mol. The van der Waals surface area contributed by atoms with Gasteiger partial charge in [-0.25, -0.2) is 5.43 Å². The van der Waals surface area contributed by atoms with Gasteiger partial charge in [0.2, 0.25) is 0 Å². The van der Waals surface area contributed by atoms with Crippen LogP contribution in [0.2, 0.25) is 10.0 Å². The van der Waals surface area contributed by atoms with Crippen LogP contribution >= 0.6 is 23.2 Å². The van der Waals surface area contributed by atoms with Crippen LogP contribution in [0.1, 0.15) is 11.1 Å². The van der Waals surface area contributed by atoms with E-state index in [1.807, 2.05) is 19.1 Å². The van der Waals surface area contributed by atoms with E-state index >= 15 is 0 Å². The van der Waals surface area contributed by atoms with Gasteiger partial charge >= 0.3 is 11.8 Å². The molecular formula is C24H20Cl2N4O4. The van der Waals surface area contributed by atoms with E-state index in [1.54, 1.807) is 48.5 Å². The molecule has 0 unspecified atom stereocenters. The summed E-state index contributed by atoms with van der Waals surface area (Å²) in [5.74, 6) is -1.87. The maximum atomic E-state index is 12.2. The normalized spacial score (nSPS) is 10.6. The fourth-order valence-corrected chi connectivity index (χ4v) is 3.20. The van der Waals surface area contributed by atoms with Crippen LogP contribution in [0.4, 0.5) is 11.4 Å². The summed E-state index contributed by atoms with van der Waals surface area (Å²) in [6.45, 7) is 1.52. The van der Waals surface area contributed by atoms with Crippen molar-refractivity contribution in [3.8, 4) is 5.75 Å². The van der Waals surface area contributed by atoms with Gasteiger partial charge in [0.25, 0.3) is 5.91 Å². The first-order chi connectivity index (χ1) is 16.3. The van der Waals surface area contributed by atoms with Crippen LogP contribution in [0.25, 0.3) is 0 Å². The Hall–Kier alpha value is -3.88. The molecule has 0 aliphatic carbocycles. The monoisotopic (exact) mass is 498 g/mol. The van der Waals surface area contributed by atoms with Crippen molar-refractivity contribution in [2.45, 2.75) is 6.92 Å². The first-order valence-corrected chi connectivity index (χ1v) is 10.8. The Morgan fingerprint density at radius 3 is 2.41 bits per heavy atom. The predicted molar refractivity (Wildman–Crippen MR) is 133 cm³/mol. The molecule has 0 aliphatic rings. The molecule has 3 rings (SSSR count). The molecule has 3 aromatic carbocycles. The second-order valence-electron chi connectivity index (χ2n) is 6.97. The highest BCUT2D eigenvalue weighted by Gasteiger charge is 2.14. The Morgan fingerprint density at radius 1 is 0.912 bits per heavy atom. The number of anilines is 2. The van der Waals surface area contributed by atoms with Gasteiger partial charge < -0.3 is 15.4 Å². The summed E-state index contributed by atoms with van der Waals surface area (Å²) >= 11 is 11.9. The molecule has 10 heteroatoms. The molecule has 0 bridgehead atoms. The number of aryl methyl sites for hydroxylation is 1. The Labute approximate surface area is 205 Å². The van der Waals surface area contributed by atoms with Gasteiger partial charge in [-0.2, -0.15) is 5.10 Å². The summed E-state index contributed by atoms with van der Waals surface area (Å²) in [6.07, 6.45) is 1.31. The van der Waals surface area contributed by atoms with Gasteiger partial charge in [-0.3, -0.25) is 14.4 Å². The van der Waals surface area contributed by atoms with E-state index in [-0.39, 0.29) is 6.61 Å². The van der Waals surface area contributed by atoms with Crippen molar-refractivity contribution < 1.29 is 19.1 Å². The van der Waals surface area contributed by atoms with Crippen LogP contribution in [0.5, 0.6) is 5.75 Å². The van der Waals surface area contributed by atoms with Gasteiger partial charge in [0, 0.05) is 16.3 Å². The van der Waals surface area contributed by atoms with E-state index < -0.39 is 17.7 Å². The lowest BCUT2D eigenvalue weighted by atomic mass is 10.2. The number of hydrogen-bond acceptors (Lipinski definition) is 5. The summed E-state index contributed by atoms with van der Waals surface area (Å²) in [5.41, 5.74) is 4.40. The van der Waals surface area contributed by atoms with Gasteiger partial charge in [0.15, 0.2) is 6.61 Å². The second kappa shape index (κ2) is 11.8. The number of carbonyl (C=O) groups excluding carboxylic acids is 3. The Morgan fingerprint density at radius 2 is 1.65 bits per heavy atom. The van der Waals surface area contributed by atoms with Gasteiger partial charge in [-0.15, -0.1) is 0 Å². The Kier molecular flexibility index (Phi) is 8.61. The van der Waals surface area contributed by atoms with Crippen LogP contribution in [0.15, 0.2) is 71.8 Å². The summed E-state index contributed by atoms with van der Waals surface area (Å²) < 4.78 is 5.57. The number of ether oxygens (including phenoxy) is 1. The molecule has 0 spiro atoms. The number of para-hydroxylation sites is 2. The molecule has 0 aromatic heterocycles. The zero-order chi connectivity index (χ0) is 24.5. The molecule has 0 saturated carbocycles. The molecule has 34 heavy (non-hydrogen) atoms. The minimum atomic E-state index is -0.933. The standard InChI is InChI=1S/C24H20Cl2N4O4/c1-15-6-2-4-8-19(15)29-23(32)24(33)30-27-13-16-7-3-5-9-21(16)34-14-22(31)28-20-11-10-17(25)12-18(20)26/h2-13H,14H2,1H3,(H,28,31)(H,29,32)(H,30,33)/b27-13-. The van der Waals surface area contributed by atoms with Gasteiger partial charge in [-0.05, 0) is 48.9 Å². The maximum absolute atomic E-state index is 12.2. The molecule has 0 fully saturated rings. The van der Waals surface area contributed by atoms with E-state index in [4.69, 9.17) is 27.9 Å². The number of nitrogens with one attached hydrogen (secondary N) is 3. The first kappa shape index (κ1) is 24.8. The average molecular weight is 499 g/mol. The fourth-order valence-electron chi connectivity index (χ4n) is 2.74. The number of nitrogens with zero attached hydrogens (tertiary/aromatic N) is 1. The van der Waals surface area contributed by atoms with Crippen LogP contribution in [-0.4, -0.2) is 30.5 Å². The van der Waals surface area contributed by atoms with Crippen LogP contribution in [0.3, 0.4) is 0 Å². The quantitative estimate of drug-likeness (QED) is 0.254. The highest BCUT2D eigenvalue weighted by atomic mass is 35.5. The summed E-state index contributed by atoms with van der Waals surface area (Å²) in [4.78, 5) is 36.3. The fraction of sp³-hybridized carbons (Fsp3) is 0.0833. The molecule has 3 aromatic rings. The molecule has 3 amide bonds. The van der Waals surface area contributed by atoms with Crippen molar-refractivity contribution in [1.82, 2.24) is 5.43 Å². The predicted octanol–water partition coefficient (Wildman–Crippen LogP) is 4.41. The molecule has 0 radical (unpaired) electrons. The lowest BCUT2D eigenvalue weighted by Crippen LogP contribution is -2.32. The third-order valence-corrected chi connectivity index (χ3v) is 5.00. The molecule has 0 atom stereocenters. The zero-order valence-corrected chi connectivity index (χ0v) is 19.5. The Bertz CT molecular complexity index is 1250. The summed E-state index contributed by atoms with van der Waals surface area (Å²) in [5, 5.41) is 9.71. The van der Waals surface area contributed by atoms with Crippen molar-refractivity contribution in [2.24, 2.45) is 5.10 Å². The third-order valence-electron chi connectivity index (χ3n) is 4.45. The third kappa shape index (κ3) is 7.06. The zero-order valence-electron chi connectivity index (χ0n) is 18.0. The molecule has 0 heterocycles. The van der Waals surface area contributed by atoms with Crippen LogP contribution in [0, 0.1) is 6.92 Å². The van der Waals surface area contributed by atoms with Crippen molar-refractivity contribution >= 4 is 58.5 Å². The average Bonchev–Trinajstić information content (AvgIpc) is 2.81. The highest BCUT2D eigenvalue weighted by molar-refractivity contribution is 6.39. The van der Waals surface area contributed by atoms with Crippen LogP contribution in [-0.2, 0) is 14.4 Å². The van der Waals surface area contributed by atoms with E-state index in [9.17, 15) is 14.4 Å². The van der Waals surface area contributed by atoms with E-state index in [1.165, 1.54) is 12.3 Å². The number of carbonyl (C=O) groups is 3. The van der Waals surface area contributed by atoms with Crippen molar-refractivity contribution in [2.75, 3.05) is 17.2 Å². The molecule has 8 nitrogen and oxygen atoms in total. The number of amides is 3.